The number of amides is 1. The smallest absolute Gasteiger partial charge is 0.254 e. The maximum absolute atomic E-state index is 13.0. The number of carbonyl (C=O) groups excluding carboxylic acids is 1. The first-order valence-electron chi connectivity index (χ1n) is 8.53. The van der Waals surface area contributed by atoms with Gasteiger partial charge in [0.25, 0.3) is 5.91 Å². The summed E-state index contributed by atoms with van der Waals surface area (Å²) < 4.78 is 13.2. The SMILES string of the molecule is CC1CN(C(=O)c2ccc(-n3cnnn3)cc2)CC2(CCOCC2)O1. The fourth-order valence-electron chi connectivity index (χ4n) is 3.62. The van der Waals surface area contributed by atoms with E-state index in [1.807, 2.05) is 36.1 Å². The summed E-state index contributed by atoms with van der Waals surface area (Å²) in [7, 11) is 0. The summed E-state index contributed by atoms with van der Waals surface area (Å²) in [6, 6.07) is 7.32. The molecule has 0 N–H and O–H groups in total. The second-order valence-electron chi connectivity index (χ2n) is 6.71. The van der Waals surface area contributed by atoms with E-state index < -0.39 is 0 Å². The second-order valence-corrected chi connectivity index (χ2v) is 6.71. The van der Waals surface area contributed by atoms with Gasteiger partial charge in [-0.2, -0.15) is 0 Å². The van der Waals surface area contributed by atoms with E-state index in [4.69, 9.17) is 9.47 Å². The van der Waals surface area contributed by atoms with Gasteiger partial charge in [-0.25, -0.2) is 4.68 Å². The number of nitrogens with zero attached hydrogens (tertiary/aromatic N) is 5. The Bertz CT molecular complexity index is 725. The lowest BCUT2D eigenvalue weighted by Gasteiger charge is -2.47. The number of aromatic nitrogens is 4. The Morgan fingerprint density at radius 1 is 1.24 bits per heavy atom. The normalized spacial score (nSPS) is 22.9. The predicted octanol–water partition coefficient (Wildman–Crippen LogP) is 1.07. The van der Waals surface area contributed by atoms with Crippen molar-refractivity contribution in [2.75, 3.05) is 26.3 Å². The molecule has 2 saturated heterocycles. The third kappa shape index (κ3) is 3.27. The van der Waals surface area contributed by atoms with Gasteiger partial charge in [0.05, 0.1) is 23.9 Å². The summed E-state index contributed by atoms with van der Waals surface area (Å²) in [6.07, 6.45) is 3.21. The van der Waals surface area contributed by atoms with Crippen molar-refractivity contribution in [3.8, 4) is 5.69 Å². The van der Waals surface area contributed by atoms with Gasteiger partial charge in [-0.1, -0.05) is 0 Å². The Morgan fingerprint density at radius 3 is 2.68 bits per heavy atom. The molecule has 8 nitrogen and oxygen atoms in total. The molecule has 1 amide bonds. The molecular formula is C17H21N5O3. The average molecular weight is 343 g/mol. The molecule has 4 rings (SSSR count). The largest absolute Gasteiger partial charge is 0.381 e. The number of hydrogen-bond donors (Lipinski definition) is 0. The number of carbonyl (C=O) groups is 1. The summed E-state index contributed by atoms with van der Waals surface area (Å²) in [5.41, 5.74) is 1.21. The fourth-order valence-corrected chi connectivity index (χ4v) is 3.62. The van der Waals surface area contributed by atoms with Crippen LogP contribution in [0.3, 0.4) is 0 Å². The van der Waals surface area contributed by atoms with Crippen LogP contribution in [-0.2, 0) is 9.47 Å². The van der Waals surface area contributed by atoms with Crippen molar-refractivity contribution in [3.63, 3.8) is 0 Å². The second kappa shape index (κ2) is 6.53. The molecule has 1 spiro atoms. The van der Waals surface area contributed by atoms with Crippen LogP contribution in [0.15, 0.2) is 30.6 Å². The van der Waals surface area contributed by atoms with Crippen LogP contribution in [0.2, 0.25) is 0 Å². The van der Waals surface area contributed by atoms with Crippen molar-refractivity contribution < 1.29 is 14.3 Å². The van der Waals surface area contributed by atoms with Gasteiger partial charge in [-0.3, -0.25) is 4.79 Å². The molecule has 1 unspecified atom stereocenters. The third-order valence-electron chi connectivity index (χ3n) is 4.83. The van der Waals surface area contributed by atoms with E-state index in [1.165, 1.54) is 6.33 Å². The van der Waals surface area contributed by atoms with Gasteiger partial charge < -0.3 is 14.4 Å². The minimum atomic E-state index is -0.266. The van der Waals surface area contributed by atoms with Gasteiger partial charge in [0.15, 0.2) is 0 Å². The van der Waals surface area contributed by atoms with Crippen molar-refractivity contribution in [1.29, 1.82) is 0 Å². The number of tetrazole rings is 1. The quantitative estimate of drug-likeness (QED) is 0.811. The first kappa shape index (κ1) is 16.2. The Morgan fingerprint density at radius 2 is 2.00 bits per heavy atom. The highest BCUT2D eigenvalue weighted by molar-refractivity contribution is 5.94. The van der Waals surface area contributed by atoms with E-state index in [0.29, 0.717) is 31.9 Å². The average Bonchev–Trinajstić information content (AvgIpc) is 3.16. The highest BCUT2D eigenvalue weighted by atomic mass is 16.5. The summed E-state index contributed by atoms with van der Waals surface area (Å²) in [6.45, 7) is 4.63. The summed E-state index contributed by atoms with van der Waals surface area (Å²) in [5, 5.41) is 11.1. The van der Waals surface area contributed by atoms with Gasteiger partial charge in [0.1, 0.15) is 6.33 Å². The van der Waals surface area contributed by atoms with Crippen molar-refractivity contribution in [1.82, 2.24) is 25.1 Å². The minimum Gasteiger partial charge on any atom is -0.381 e. The van der Waals surface area contributed by atoms with Crippen LogP contribution >= 0.6 is 0 Å². The molecule has 1 aromatic carbocycles. The van der Waals surface area contributed by atoms with Gasteiger partial charge in [-0.15, -0.1) is 5.10 Å². The molecule has 0 aliphatic carbocycles. The maximum Gasteiger partial charge on any atom is 0.254 e. The highest BCUT2D eigenvalue weighted by Crippen LogP contribution is 2.32. The molecule has 1 atom stereocenters. The molecule has 0 bridgehead atoms. The molecule has 2 fully saturated rings. The van der Waals surface area contributed by atoms with E-state index in [2.05, 4.69) is 15.5 Å². The lowest BCUT2D eigenvalue weighted by molar-refractivity contribution is -0.176. The van der Waals surface area contributed by atoms with E-state index >= 15 is 0 Å². The number of morpholine rings is 1. The number of rotatable bonds is 2. The Balaban J connectivity index is 1.51. The number of hydrogen-bond acceptors (Lipinski definition) is 6. The standard InChI is InChI=1S/C17H21N5O3/c1-13-10-21(11-17(25-13)6-8-24-9-7-17)16(23)14-2-4-15(5-3-14)22-12-18-19-20-22/h2-5,12-13H,6-11H2,1H3. The first-order valence-corrected chi connectivity index (χ1v) is 8.53. The van der Waals surface area contributed by atoms with Crippen LogP contribution in [0, 0.1) is 0 Å². The molecule has 2 aliphatic heterocycles. The van der Waals surface area contributed by atoms with Gasteiger partial charge >= 0.3 is 0 Å². The monoisotopic (exact) mass is 343 g/mol. The number of ether oxygens (including phenoxy) is 2. The Labute approximate surface area is 145 Å². The van der Waals surface area contributed by atoms with E-state index in [9.17, 15) is 4.79 Å². The van der Waals surface area contributed by atoms with Crippen LogP contribution in [0.4, 0.5) is 0 Å². The van der Waals surface area contributed by atoms with Crippen molar-refractivity contribution in [2.24, 2.45) is 0 Å². The molecule has 25 heavy (non-hydrogen) atoms. The first-order chi connectivity index (χ1) is 12.2. The van der Waals surface area contributed by atoms with Crippen LogP contribution < -0.4 is 0 Å². The molecule has 0 saturated carbocycles. The molecule has 2 aliphatic rings. The predicted molar refractivity (Wildman–Crippen MR) is 88.4 cm³/mol. The van der Waals surface area contributed by atoms with Crippen LogP contribution in [0.5, 0.6) is 0 Å². The Kier molecular flexibility index (Phi) is 4.22. The molecule has 8 heteroatoms. The van der Waals surface area contributed by atoms with Crippen molar-refractivity contribution in [3.05, 3.63) is 36.2 Å². The molecule has 1 aromatic heterocycles. The lowest BCUT2D eigenvalue weighted by atomic mass is 9.91. The molecule has 2 aromatic rings. The van der Waals surface area contributed by atoms with E-state index in [0.717, 1.165) is 18.5 Å². The maximum atomic E-state index is 13.0. The summed E-state index contributed by atoms with van der Waals surface area (Å²) in [4.78, 5) is 14.9. The zero-order valence-corrected chi connectivity index (χ0v) is 14.2. The fraction of sp³-hybridized carbons (Fsp3) is 0.529. The molecule has 3 heterocycles. The van der Waals surface area contributed by atoms with Crippen molar-refractivity contribution in [2.45, 2.75) is 31.5 Å². The number of benzene rings is 1. The van der Waals surface area contributed by atoms with Gasteiger partial charge in [0.2, 0.25) is 0 Å². The third-order valence-corrected chi connectivity index (χ3v) is 4.83. The van der Waals surface area contributed by atoms with Crippen molar-refractivity contribution >= 4 is 5.91 Å². The lowest BCUT2D eigenvalue weighted by Crippen LogP contribution is -2.58. The molecule has 0 radical (unpaired) electrons. The minimum absolute atomic E-state index is 0.0243. The molecule has 132 valence electrons. The van der Waals surface area contributed by atoms with Crippen LogP contribution in [0.25, 0.3) is 5.69 Å². The van der Waals surface area contributed by atoms with Crippen LogP contribution in [-0.4, -0.2) is 69.0 Å². The van der Waals surface area contributed by atoms with E-state index in [-0.39, 0.29) is 17.6 Å². The zero-order valence-electron chi connectivity index (χ0n) is 14.2. The molecular weight excluding hydrogens is 322 g/mol. The zero-order chi connectivity index (χ0) is 17.3. The topological polar surface area (TPSA) is 82.4 Å². The van der Waals surface area contributed by atoms with Gasteiger partial charge in [0, 0.05) is 38.2 Å². The van der Waals surface area contributed by atoms with E-state index in [1.54, 1.807) is 4.68 Å². The summed E-state index contributed by atoms with van der Waals surface area (Å²) >= 11 is 0. The van der Waals surface area contributed by atoms with Gasteiger partial charge in [-0.05, 0) is 41.6 Å². The van der Waals surface area contributed by atoms with Crippen LogP contribution in [0.1, 0.15) is 30.1 Å². The Hall–Kier alpha value is -2.32. The summed E-state index contributed by atoms with van der Waals surface area (Å²) in [5.74, 6) is 0.0317. The highest BCUT2D eigenvalue weighted by Gasteiger charge is 2.42.